The first kappa shape index (κ1) is 21.8. The third kappa shape index (κ3) is 4.21. The van der Waals surface area contributed by atoms with Crippen LogP contribution < -0.4 is 10.1 Å². The van der Waals surface area contributed by atoms with E-state index < -0.39 is 10.0 Å². The van der Waals surface area contributed by atoms with Crippen LogP contribution in [-0.4, -0.2) is 37.3 Å². The Kier molecular flexibility index (Phi) is 6.08. The van der Waals surface area contributed by atoms with E-state index >= 15 is 0 Å². The van der Waals surface area contributed by atoms with E-state index in [4.69, 9.17) is 4.74 Å². The first-order valence-corrected chi connectivity index (χ1v) is 12.5. The average molecular weight is 443 g/mol. The second-order valence-corrected chi connectivity index (χ2v) is 10.3. The number of ether oxygens (including phenoxy) is 1. The molecule has 2 aromatic rings. The van der Waals surface area contributed by atoms with Crippen molar-refractivity contribution in [2.45, 2.75) is 62.5 Å². The van der Waals surface area contributed by atoms with Gasteiger partial charge in [-0.2, -0.15) is 4.31 Å². The third-order valence-electron chi connectivity index (χ3n) is 6.61. The Bertz CT molecular complexity index is 1040. The number of carbonyl (C=O) groups is 1. The first-order valence-electron chi connectivity index (χ1n) is 11.1. The highest BCUT2D eigenvalue weighted by Crippen LogP contribution is 2.42. The summed E-state index contributed by atoms with van der Waals surface area (Å²) in [6, 6.07) is 13.9. The first-order chi connectivity index (χ1) is 14.9. The van der Waals surface area contributed by atoms with Gasteiger partial charge >= 0.3 is 0 Å². The summed E-state index contributed by atoms with van der Waals surface area (Å²) in [6.07, 6.45) is 4.19. The van der Waals surface area contributed by atoms with Crippen LogP contribution in [0.2, 0.25) is 0 Å². The van der Waals surface area contributed by atoms with E-state index in [9.17, 15) is 13.2 Å². The number of rotatable bonds is 6. The number of fused-ring (bicyclic) bond motifs is 1. The normalized spacial score (nSPS) is 20.6. The zero-order chi connectivity index (χ0) is 22.1. The Hall–Kier alpha value is -2.38. The number of sulfonamides is 1. The molecule has 0 saturated carbocycles. The van der Waals surface area contributed by atoms with Crippen LogP contribution in [0.3, 0.4) is 0 Å². The van der Waals surface area contributed by atoms with Crippen LogP contribution in [0.25, 0.3) is 0 Å². The van der Waals surface area contributed by atoms with E-state index in [2.05, 4.69) is 19.2 Å². The maximum absolute atomic E-state index is 13.0. The molecule has 1 amide bonds. The molecule has 0 aliphatic carbocycles. The second-order valence-electron chi connectivity index (χ2n) is 8.40. The molecule has 0 aromatic heterocycles. The Labute approximate surface area is 184 Å². The van der Waals surface area contributed by atoms with Gasteiger partial charge in [0.15, 0.2) is 0 Å². The van der Waals surface area contributed by atoms with E-state index in [-0.39, 0.29) is 22.4 Å². The number of nitrogens with zero attached hydrogens (tertiary/aromatic N) is 1. The minimum atomic E-state index is -3.49. The molecule has 1 unspecified atom stereocenters. The van der Waals surface area contributed by atoms with Gasteiger partial charge in [-0.15, -0.1) is 0 Å². The molecule has 1 N–H and O–H groups in total. The molecule has 1 fully saturated rings. The van der Waals surface area contributed by atoms with Crippen LogP contribution in [0, 0.1) is 0 Å². The Morgan fingerprint density at radius 1 is 1.06 bits per heavy atom. The lowest BCUT2D eigenvalue weighted by Gasteiger charge is -2.41. The Morgan fingerprint density at radius 3 is 2.35 bits per heavy atom. The smallest absolute Gasteiger partial charge is 0.251 e. The lowest BCUT2D eigenvalue weighted by Crippen LogP contribution is -2.44. The predicted molar refractivity (Wildman–Crippen MR) is 120 cm³/mol. The molecule has 166 valence electrons. The topological polar surface area (TPSA) is 75.7 Å². The van der Waals surface area contributed by atoms with E-state index in [0.29, 0.717) is 25.1 Å². The standard InChI is InChI=1S/C24H30N2O4S/c1-3-24(4-2)17-21(20-9-5-6-10-22(20)30-24)25-23(27)18-11-13-19(14-12-18)31(28,29)26-15-7-8-16-26/h5-6,9-14,21H,3-4,7-8,15-17H2,1-2H3,(H,25,27). The van der Waals surface area contributed by atoms with Crippen molar-refractivity contribution >= 4 is 15.9 Å². The highest BCUT2D eigenvalue weighted by atomic mass is 32.2. The molecule has 2 aliphatic rings. The van der Waals surface area contributed by atoms with Crippen molar-refractivity contribution in [2.75, 3.05) is 13.1 Å². The van der Waals surface area contributed by atoms with Crippen molar-refractivity contribution < 1.29 is 17.9 Å². The zero-order valence-electron chi connectivity index (χ0n) is 18.1. The fourth-order valence-electron chi connectivity index (χ4n) is 4.53. The number of hydrogen-bond acceptors (Lipinski definition) is 4. The van der Waals surface area contributed by atoms with E-state index in [0.717, 1.165) is 37.0 Å². The number of benzene rings is 2. The molecule has 2 heterocycles. The summed E-state index contributed by atoms with van der Waals surface area (Å²) in [7, 11) is -3.49. The molecule has 2 aliphatic heterocycles. The lowest BCUT2D eigenvalue weighted by molar-refractivity contribution is 0.0227. The van der Waals surface area contributed by atoms with Crippen molar-refractivity contribution in [2.24, 2.45) is 0 Å². The summed E-state index contributed by atoms with van der Waals surface area (Å²) in [5, 5.41) is 3.15. The SMILES string of the molecule is CCC1(CC)CC(NC(=O)c2ccc(S(=O)(=O)N3CCCC3)cc2)c2ccccc2O1. The molecule has 2 aromatic carbocycles. The third-order valence-corrected chi connectivity index (χ3v) is 8.52. The molecule has 7 heteroatoms. The molecule has 0 spiro atoms. The van der Waals surface area contributed by atoms with Crippen molar-refractivity contribution in [3.63, 3.8) is 0 Å². The van der Waals surface area contributed by atoms with E-state index in [1.54, 1.807) is 12.1 Å². The van der Waals surface area contributed by atoms with Crippen LogP contribution >= 0.6 is 0 Å². The van der Waals surface area contributed by atoms with Gasteiger partial charge in [-0.3, -0.25) is 4.79 Å². The van der Waals surface area contributed by atoms with Crippen molar-refractivity contribution in [3.05, 3.63) is 59.7 Å². The van der Waals surface area contributed by atoms with Crippen LogP contribution in [0.5, 0.6) is 5.75 Å². The number of hydrogen-bond donors (Lipinski definition) is 1. The number of para-hydroxylation sites is 1. The summed E-state index contributed by atoms with van der Waals surface area (Å²) in [5.74, 6) is 0.600. The van der Waals surface area contributed by atoms with Gasteiger partial charge in [0.1, 0.15) is 11.4 Å². The largest absolute Gasteiger partial charge is 0.487 e. The van der Waals surface area contributed by atoms with Crippen LogP contribution in [0.4, 0.5) is 0 Å². The minimum absolute atomic E-state index is 0.162. The van der Waals surface area contributed by atoms with E-state index in [1.807, 2.05) is 24.3 Å². The van der Waals surface area contributed by atoms with Crippen LogP contribution in [0.1, 0.15) is 67.9 Å². The molecular weight excluding hydrogens is 412 g/mol. The van der Waals surface area contributed by atoms with Gasteiger partial charge in [-0.25, -0.2) is 8.42 Å². The monoisotopic (exact) mass is 442 g/mol. The fourth-order valence-corrected chi connectivity index (χ4v) is 6.04. The van der Waals surface area contributed by atoms with Crippen molar-refractivity contribution in [1.29, 1.82) is 0 Å². The zero-order valence-corrected chi connectivity index (χ0v) is 19.0. The quantitative estimate of drug-likeness (QED) is 0.724. The maximum Gasteiger partial charge on any atom is 0.251 e. The van der Waals surface area contributed by atoms with Crippen molar-refractivity contribution in [1.82, 2.24) is 9.62 Å². The van der Waals surface area contributed by atoms with Gasteiger partial charge in [-0.1, -0.05) is 32.0 Å². The molecule has 1 saturated heterocycles. The van der Waals surface area contributed by atoms with Gasteiger partial charge < -0.3 is 10.1 Å². The highest BCUT2D eigenvalue weighted by Gasteiger charge is 2.39. The van der Waals surface area contributed by atoms with Crippen LogP contribution in [0.15, 0.2) is 53.4 Å². The Balaban J connectivity index is 1.54. The summed E-state index contributed by atoms with van der Waals surface area (Å²) < 4.78 is 33.3. The molecule has 31 heavy (non-hydrogen) atoms. The molecule has 4 rings (SSSR count). The second kappa shape index (κ2) is 8.63. The van der Waals surface area contributed by atoms with Gasteiger partial charge in [0.25, 0.3) is 5.91 Å². The van der Waals surface area contributed by atoms with Gasteiger partial charge in [0, 0.05) is 30.6 Å². The maximum atomic E-state index is 13.0. The molecule has 1 atom stereocenters. The summed E-state index contributed by atoms with van der Waals surface area (Å²) in [6.45, 7) is 5.33. The minimum Gasteiger partial charge on any atom is -0.487 e. The molecule has 6 nitrogen and oxygen atoms in total. The predicted octanol–water partition coefficient (Wildman–Crippen LogP) is 4.28. The van der Waals surface area contributed by atoms with Gasteiger partial charge in [0.05, 0.1) is 10.9 Å². The summed E-state index contributed by atoms with van der Waals surface area (Å²) >= 11 is 0. The van der Waals surface area contributed by atoms with Gasteiger partial charge in [-0.05, 0) is 56.0 Å². The number of nitrogens with one attached hydrogen (secondary N) is 1. The molecular formula is C24H30N2O4S. The molecule has 0 radical (unpaired) electrons. The average Bonchev–Trinajstić information content (AvgIpc) is 3.35. The molecule has 0 bridgehead atoms. The highest BCUT2D eigenvalue weighted by molar-refractivity contribution is 7.89. The fraction of sp³-hybridized carbons (Fsp3) is 0.458. The van der Waals surface area contributed by atoms with Crippen LogP contribution in [-0.2, 0) is 10.0 Å². The van der Waals surface area contributed by atoms with E-state index in [1.165, 1.54) is 16.4 Å². The Morgan fingerprint density at radius 2 is 1.71 bits per heavy atom. The summed E-state index contributed by atoms with van der Waals surface area (Å²) in [5.41, 5.74) is 1.12. The van der Waals surface area contributed by atoms with Gasteiger partial charge in [0.2, 0.25) is 10.0 Å². The number of amides is 1. The summed E-state index contributed by atoms with van der Waals surface area (Å²) in [4.78, 5) is 13.3. The lowest BCUT2D eigenvalue weighted by atomic mass is 9.83. The number of carbonyl (C=O) groups excluding carboxylic acids is 1. The van der Waals surface area contributed by atoms with Crippen molar-refractivity contribution in [3.8, 4) is 5.75 Å².